The quantitative estimate of drug-likeness (QED) is 0.851. The molecule has 1 N–H and O–H groups in total. The maximum Gasteiger partial charge on any atom is 0.391 e. The van der Waals surface area contributed by atoms with E-state index in [1.165, 1.54) is 13.0 Å². The van der Waals surface area contributed by atoms with Gasteiger partial charge in [0.15, 0.2) is 0 Å². The van der Waals surface area contributed by atoms with Crippen LogP contribution in [0.25, 0.3) is 0 Å². The number of aromatic nitrogens is 1. The number of carbonyl (C=O) groups is 1. The van der Waals surface area contributed by atoms with Gasteiger partial charge in [0.2, 0.25) is 0 Å². The van der Waals surface area contributed by atoms with E-state index in [1.54, 1.807) is 6.07 Å². The number of pyridine rings is 1. The van der Waals surface area contributed by atoms with Gasteiger partial charge >= 0.3 is 6.18 Å². The largest absolute Gasteiger partial charge is 0.391 e. The highest BCUT2D eigenvalue weighted by molar-refractivity contribution is 6.29. The molecule has 1 rings (SSSR count). The Bertz CT molecular complexity index is 524. The number of alkyl halides is 3. The van der Waals surface area contributed by atoms with E-state index in [1.807, 2.05) is 20.8 Å². The fourth-order valence-corrected chi connectivity index (χ4v) is 1.93. The number of rotatable bonds is 3. The molecule has 0 saturated heterocycles. The molecule has 0 aliphatic heterocycles. The Morgan fingerprint density at radius 3 is 2.38 bits per heavy atom. The summed E-state index contributed by atoms with van der Waals surface area (Å²) >= 11 is 5.87. The van der Waals surface area contributed by atoms with Crippen molar-refractivity contribution in [2.24, 2.45) is 0 Å². The molecule has 1 amide bonds. The Labute approximate surface area is 126 Å². The maximum atomic E-state index is 12.3. The van der Waals surface area contributed by atoms with Gasteiger partial charge in [-0.1, -0.05) is 32.4 Å². The lowest BCUT2D eigenvalue weighted by Crippen LogP contribution is -2.36. The van der Waals surface area contributed by atoms with Crippen LogP contribution in [0.4, 0.5) is 13.2 Å². The van der Waals surface area contributed by atoms with Crippen molar-refractivity contribution >= 4 is 17.5 Å². The minimum Gasteiger partial charge on any atom is -0.349 e. The van der Waals surface area contributed by atoms with E-state index in [4.69, 9.17) is 11.6 Å². The molecule has 118 valence electrons. The van der Waals surface area contributed by atoms with Gasteiger partial charge in [-0.25, -0.2) is 4.98 Å². The number of halogens is 4. The van der Waals surface area contributed by atoms with Crippen LogP contribution in [0.5, 0.6) is 0 Å². The fourth-order valence-electron chi connectivity index (χ4n) is 1.72. The predicted octanol–water partition coefficient (Wildman–Crippen LogP) is 4.10. The molecule has 0 aliphatic rings. The van der Waals surface area contributed by atoms with Crippen LogP contribution in [0.3, 0.4) is 0 Å². The zero-order valence-corrected chi connectivity index (χ0v) is 13.1. The van der Waals surface area contributed by atoms with Gasteiger partial charge in [0, 0.05) is 22.7 Å². The van der Waals surface area contributed by atoms with Gasteiger partial charge < -0.3 is 5.32 Å². The molecule has 0 aliphatic carbocycles. The third-order valence-corrected chi connectivity index (χ3v) is 2.93. The van der Waals surface area contributed by atoms with Crippen LogP contribution in [0.15, 0.2) is 12.1 Å². The second-order valence-electron chi connectivity index (χ2n) is 6.01. The number of nitrogens with zero attached hydrogens (tertiary/aromatic N) is 1. The van der Waals surface area contributed by atoms with Crippen LogP contribution in [0.1, 0.15) is 50.2 Å². The van der Waals surface area contributed by atoms with Gasteiger partial charge in [-0.2, -0.15) is 13.2 Å². The highest BCUT2D eigenvalue weighted by Gasteiger charge is 2.30. The molecular formula is C14H18ClF3N2O. The molecule has 1 aromatic rings. The Morgan fingerprint density at radius 2 is 1.90 bits per heavy atom. The van der Waals surface area contributed by atoms with Crippen molar-refractivity contribution in [3.63, 3.8) is 0 Å². The molecule has 0 saturated carbocycles. The number of hydrogen-bond donors (Lipinski definition) is 1. The molecule has 21 heavy (non-hydrogen) atoms. The molecule has 0 fully saturated rings. The molecule has 1 heterocycles. The second-order valence-corrected chi connectivity index (χ2v) is 6.39. The highest BCUT2D eigenvalue weighted by Crippen LogP contribution is 2.24. The average molecular weight is 323 g/mol. The zero-order valence-electron chi connectivity index (χ0n) is 12.3. The van der Waals surface area contributed by atoms with Gasteiger partial charge in [-0.05, 0) is 19.1 Å². The first-order valence-electron chi connectivity index (χ1n) is 6.44. The summed E-state index contributed by atoms with van der Waals surface area (Å²) in [5.41, 5.74) is 0.481. The SMILES string of the molecule is CC(CC(F)(F)F)NC(=O)c1cc(Cl)nc(C(C)(C)C)c1. The summed E-state index contributed by atoms with van der Waals surface area (Å²) in [6.07, 6.45) is -5.40. The van der Waals surface area contributed by atoms with Crippen molar-refractivity contribution in [2.45, 2.75) is 51.7 Å². The van der Waals surface area contributed by atoms with Crippen LogP contribution in [0.2, 0.25) is 5.15 Å². The Kier molecular flexibility index (Phi) is 5.25. The van der Waals surface area contributed by atoms with Crippen molar-refractivity contribution in [3.05, 3.63) is 28.5 Å². The smallest absolute Gasteiger partial charge is 0.349 e. The van der Waals surface area contributed by atoms with Gasteiger partial charge in [0.05, 0.1) is 6.42 Å². The van der Waals surface area contributed by atoms with Crippen LogP contribution >= 0.6 is 11.6 Å². The van der Waals surface area contributed by atoms with Gasteiger partial charge in [-0.3, -0.25) is 4.79 Å². The summed E-state index contributed by atoms with van der Waals surface area (Å²) in [6, 6.07) is 1.87. The molecule has 3 nitrogen and oxygen atoms in total. The summed E-state index contributed by atoms with van der Waals surface area (Å²) in [4.78, 5) is 16.1. The van der Waals surface area contributed by atoms with Crippen LogP contribution in [0, 0.1) is 0 Å². The summed E-state index contributed by atoms with van der Waals surface area (Å²) in [5.74, 6) is -0.596. The molecule has 0 spiro atoms. The minimum atomic E-state index is -4.32. The molecule has 0 aromatic carbocycles. The number of amides is 1. The van der Waals surface area contributed by atoms with Crippen LogP contribution in [-0.4, -0.2) is 23.1 Å². The molecule has 1 unspecified atom stereocenters. The van der Waals surface area contributed by atoms with E-state index >= 15 is 0 Å². The van der Waals surface area contributed by atoms with Crippen LogP contribution in [-0.2, 0) is 5.41 Å². The van der Waals surface area contributed by atoms with Crippen molar-refractivity contribution in [1.82, 2.24) is 10.3 Å². The van der Waals surface area contributed by atoms with Crippen molar-refractivity contribution < 1.29 is 18.0 Å². The molecule has 1 atom stereocenters. The summed E-state index contributed by atoms with van der Waals surface area (Å²) in [5, 5.41) is 2.45. The lowest BCUT2D eigenvalue weighted by atomic mass is 9.91. The lowest BCUT2D eigenvalue weighted by Gasteiger charge is -2.20. The van der Waals surface area contributed by atoms with Gasteiger partial charge in [-0.15, -0.1) is 0 Å². The van der Waals surface area contributed by atoms with Crippen molar-refractivity contribution in [2.75, 3.05) is 0 Å². The van der Waals surface area contributed by atoms with E-state index in [2.05, 4.69) is 10.3 Å². The number of hydrogen-bond acceptors (Lipinski definition) is 2. The van der Waals surface area contributed by atoms with Crippen LogP contribution < -0.4 is 5.32 Å². The third kappa shape index (κ3) is 5.91. The first kappa shape index (κ1) is 17.8. The highest BCUT2D eigenvalue weighted by atomic mass is 35.5. The monoisotopic (exact) mass is 322 g/mol. The average Bonchev–Trinajstić information content (AvgIpc) is 2.23. The van der Waals surface area contributed by atoms with E-state index in [9.17, 15) is 18.0 Å². The molecule has 1 aromatic heterocycles. The minimum absolute atomic E-state index is 0.135. The first-order valence-corrected chi connectivity index (χ1v) is 6.82. The predicted molar refractivity (Wildman–Crippen MR) is 75.5 cm³/mol. The molecule has 0 bridgehead atoms. The van der Waals surface area contributed by atoms with Gasteiger partial charge in [0.25, 0.3) is 5.91 Å². The first-order chi connectivity index (χ1) is 9.38. The van der Waals surface area contributed by atoms with E-state index in [0.29, 0.717) is 5.69 Å². The topological polar surface area (TPSA) is 42.0 Å². The van der Waals surface area contributed by atoms with Crippen molar-refractivity contribution in [1.29, 1.82) is 0 Å². The molecular weight excluding hydrogens is 305 g/mol. The Morgan fingerprint density at radius 1 is 1.33 bits per heavy atom. The zero-order chi connectivity index (χ0) is 16.4. The van der Waals surface area contributed by atoms with Crippen molar-refractivity contribution in [3.8, 4) is 0 Å². The number of carbonyl (C=O) groups excluding carboxylic acids is 1. The van der Waals surface area contributed by atoms with E-state index in [0.717, 1.165) is 0 Å². The number of nitrogens with one attached hydrogen (secondary N) is 1. The summed E-state index contributed by atoms with van der Waals surface area (Å²) < 4.78 is 36.8. The summed E-state index contributed by atoms with van der Waals surface area (Å²) in [7, 11) is 0. The third-order valence-electron chi connectivity index (χ3n) is 2.74. The molecule has 0 radical (unpaired) electrons. The van der Waals surface area contributed by atoms with Gasteiger partial charge in [0.1, 0.15) is 5.15 Å². The van der Waals surface area contributed by atoms with E-state index in [-0.39, 0.29) is 16.1 Å². The van der Waals surface area contributed by atoms with E-state index < -0.39 is 24.5 Å². The maximum absolute atomic E-state index is 12.3. The lowest BCUT2D eigenvalue weighted by molar-refractivity contribution is -0.138. The Balaban J connectivity index is 2.91. The second kappa shape index (κ2) is 6.22. The fraction of sp³-hybridized carbons (Fsp3) is 0.571. The normalized spacial score (nSPS) is 13.9. The Hall–Kier alpha value is -1.30. The standard InChI is InChI=1S/C14H18ClF3N2O/c1-8(7-14(16,17)18)19-12(21)9-5-10(13(2,3)4)20-11(15)6-9/h5-6,8H,7H2,1-4H3,(H,19,21). The summed E-state index contributed by atoms with van der Waals surface area (Å²) in [6.45, 7) is 7.01. The molecule has 7 heteroatoms.